The monoisotopic (exact) mass is 610 g/mol. The number of methoxy groups -OCH3 is 1. The fourth-order valence-corrected chi connectivity index (χ4v) is 4.46. The molecule has 0 radical (unpaired) electrons. The number of hydrogen-bond acceptors (Lipinski definition) is 8. The highest BCUT2D eigenvalue weighted by Gasteiger charge is 2.43. The van der Waals surface area contributed by atoms with Gasteiger partial charge in [0.25, 0.3) is 0 Å². The zero-order valence-electron chi connectivity index (χ0n) is 21.5. The van der Waals surface area contributed by atoms with E-state index in [4.69, 9.17) is 15.2 Å². The van der Waals surface area contributed by atoms with Crippen LogP contribution >= 0.6 is 15.9 Å². The van der Waals surface area contributed by atoms with Crippen molar-refractivity contribution in [2.24, 2.45) is 5.73 Å². The van der Waals surface area contributed by atoms with Gasteiger partial charge in [-0.1, -0.05) is 34.1 Å². The van der Waals surface area contributed by atoms with Crippen LogP contribution in [0.25, 0.3) is 0 Å². The average molecular weight is 611 g/mol. The molecule has 1 heterocycles. The maximum absolute atomic E-state index is 13.6. The molecule has 0 aliphatic carbocycles. The number of allylic oxidation sites excluding steroid dienone is 1. The Morgan fingerprint density at radius 3 is 2.28 bits per heavy atom. The van der Waals surface area contributed by atoms with Gasteiger partial charge in [0.2, 0.25) is 0 Å². The van der Waals surface area contributed by atoms with Crippen LogP contribution < -0.4 is 10.6 Å². The molecule has 0 spiro atoms. The van der Waals surface area contributed by atoms with E-state index < -0.39 is 41.7 Å². The van der Waals surface area contributed by atoms with E-state index in [0.717, 1.165) is 24.1 Å². The molecule has 0 aromatic heterocycles. The first kappa shape index (κ1) is 29.8. The van der Waals surface area contributed by atoms with Crippen LogP contribution in [0.15, 0.2) is 75.7 Å². The molecule has 0 saturated heterocycles. The van der Waals surface area contributed by atoms with E-state index in [2.05, 4.69) is 20.7 Å². The van der Waals surface area contributed by atoms with Crippen molar-refractivity contribution in [2.45, 2.75) is 39.0 Å². The topological polar surface area (TPSA) is 108 Å². The van der Waals surface area contributed by atoms with Gasteiger partial charge >= 0.3 is 24.1 Å². The van der Waals surface area contributed by atoms with Crippen molar-refractivity contribution >= 4 is 39.5 Å². The van der Waals surface area contributed by atoms with Crippen LogP contribution in [0.1, 0.15) is 37.8 Å². The molecule has 12 heteroatoms. The van der Waals surface area contributed by atoms with Gasteiger partial charge in [-0.3, -0.25) is 0 Å². The second kappa shape index (κ2) is 11.9. The number of nitrogens with two attached hydrogens (primary N) is 1. The zero-order chi connectivity index (χ0) is 29.1. The molecule has 3 rings (SSSR count). The van der Waals surface area contributed by atoms with Gasteiger partial charge in [-0.15, -0.1) is 0 Å². The Bertz CT molecular complexity index is 1340. The summed E-state index contributed by atoms with van der Waals surface area (Å²) < 4.78 is 56.6. The summed E-state index contributed by atoms with van der Waals surface area (Å²) >= 11 is 3.34. The molecule has 0 fully saturated rings. The minimum atomic E-state index is -4.66. The molecule has 2 N–H and O–H groups in total. The van der Waals surface area contributed by atoms with E-state index >= 15 is 0 Å². The number of nitrogens with zero attached hydrogens (tertiary/aromatic N) is 1. The Balaban J connectivity index is 2.33. The molecule has 2 atom stereocenters. The molecule has 8 nitrogen and oxygen atoms in total. The lowest BCUT2D eigenvalue weighted by molar-refractivity contribution is -0.162. The van der Waals surface area contributed by atoms with Crippen LogP contribution in [0, 0.1) is 0 Å². The van der Waals surface area contributed by atoms with Gasteiger partial charge in [-0.25, -0.2) is 14.4 Å². The van der Waals surface area contributed by atoms with Crippen LogP contribution in [0.5, 0.6) is 0 Å². The number of esters is 3. The van der Waals surface area contributed by atoms with Crippen LogP contribution in [-0.2, 0) is 34.8 Å². The van der Waals surface area contributed by atoms with Crippen molar-refractivity contribution in [3.8, 4) is 0 Å². The Morgan fingerprint density at radius 2 is 1.72 bits per heavy atom. The van der Waals surface area contributed by atoms with Gasteiger partial charge in [-0.05, 0) is 56.7 Å². The predicted octanol–water partition coefficient (Wildman–Crippen LogP) is 5.18. The fraction of sp³-hybridized carbons (Fsp3) is 0.296. The summed E-state index contributed by atoms with van der Waals surface area (Å²) in [7, 11) is 1.13. The van der Waals surface area contributed by atoms with Crippen molar-refractivity contribution in [3.63, 3.8) is 0 Å². The van der Waals surface area contributed by atoms with Crippen molar-refractivity contribution < 1.29 is 41.8 Å². The number of anilines is 1. The maximum Gasteiger partial charge on any atom is 0.416 e. The van der Waals surface area contributed by atoms with E-state index in [1.165, 1.54) is 26.0 Å². The first-order chi connectivity index (χ1) is 18.3. The molecule has 1 aliphatic rings. The molecule has 2 aromatic rings. The lowest BCUT2D eigenvalue weighted by Crippen LogP contribution is -2.40. The summed E-state index contributed by atoms with van der Waals surface area (Å²) in [6, 6.07) is 10.9. The summed E-state index contributed by atoms with van der Waals surface area (Å²) in [5.41, 5.74) is 5.70. The average Bonchev–Trinajstić information content (AvgIpc) is 2.88. The fourth-order valence-electron chi connectivity index (χ4n) is 4.20. The van der Waals surface area contributed by atoms with E-state index in [1.807, 2.05) is 0 Å². The summed E-state index contributed by atoms with van der Waals surface area (Å²) in [6.45, 7) is 4.30. The molecule has 1 aliphatic heterocycles. The lowest BCUT2D eigenvalue weighted by Gasteiger charge is -2.37. The first-order valence-electron chi connectivity index (χ1n) is 11.7. The molecular weight excluding hydrogens is 585 g/mol. The minimum absolute atomic E-state index is 0.0336. The van der Waals surface area contributed by atoms with Gasteiger partial charge in [-0.2, -0.15) is 13.2 Å². The number of ether oxygens (including phenoxy) is 3. The smallest absolute Gasteiger partial charge is 0.416 e. The second-order valence-corrected chi connectivity index (χ2v) is 9.37. The van der Waals surface area contributed by atoms with Crippen molar-refractivity contribution in [1.29, 1.82) is 0 Å². The first-order valence-corrected chi connectivity index (χ1v) is 12.5. The highest BCUT2D eigenvalue weighted by Crippen LogP contribution is 2.44. The Hall–Kier alpha value is -3.80. The third kappa shape index (κ3) is 6.27. The quantitative estimate of drug-likeness (QED) is 0.337. The number of carbonyl (C=O) groups is 3. The Kier molecular flexibility index (Phi) is 9.10. The Morgan fingerprint density at radius 1 is 1.08 bits per heavy atom. The standard InChI is InChI=1S/C27H26BrF3N2O6/c1-5-38-25(35)22-21(16-9-11-18(28)12-10-16)20(26(36)39-15(3)24(34)37-4)14(2)33(23(22)32)19-8-6-7-17(13-19)27(29,30)31/h6-13,15,21H,5,32H2,1-4H3/t15-,21?/m0/s1. The molecular formula is C27H26BrF3N2O6. The van der Waals surface area contributed by atoms with E-state index in [0.29, 0.717) is 10.0 Å². The maximum atomic E-state index is 13.6. The van der Waals surface area contributed by atoms with Crippen molar-refractivity contribution in [1.82, 2.24) is 0 Å². The molecule has 0 saturated carbocycles. The molecule has 2 aromatic carbocycles. The third-order valence-electron chi connectivity index (χ3n) is 5.99. The lowest BCUT2D eigenvalue weighted by atomic mass is 9.80. The van der Waals surface area contributed by atoms with Gasteiger partial charge in [0.05, 0.1) is 36.3 Å². The zero-order valence-corrected chi connectivity index (χ0v) is 23.1. The number of hydrogen-bond donors (Lipinski definition) is 1. The van der Waals surface area contributed by atoms with Gasteiger partial charge < -0.3 is 24.8 Å². The predicted molar refractivity (Wildman–Crippen MR) is 139 cm³/mol. The number of alkyl halides is 3. The van der Waals surface area contributed by atoms with Crippen molar-refractivity contribution in [2.75, 3.05) is 18.6 Å². The summed E-state index contributed by atoms with van der Waals surface area (Å²) in [5.74, 6) is -4.05. The number of rotatable bonds is 7. The summed E-state index contributed by atoms with van der Waals surface area (Å²) in [4.78, 5) is 40.0. The normalized spacial score (nSPS) is 16.6. The second-order valence-electron chi connectivity index (χ2n) is 8.46. The third-order valence-corrected chi connectivity index (χ3v) is 6.52. The van der Waals surface area contributed by atoms with Crippen LogP contribution in [0.2, 0.25) is 0 Å². The van der Waals surface area contributed by atoms with Gasteiger partial charge in [0.15, 0.2) is 6.10 Å². The van der Waals surface area contributed by atoms with Crippen LogP contribution in [0.3, 0.4) is 0 Å². The molecule has 0 amide bonds. The molecule has 0 bridgehead atoms. The molecule has 208 valence electrons. The Labute approximate surface area is 231 Å². The SMILES string of the molecule is CCOC(=O)C1=C(N)N(c2cccc(C(F)(F)F)c2)C(C)=C(C(=O)O[C@@H](C)C(=O)OC)C1c1ccc(Br)cc1. The van der Waals surface area contributed by atoms with Crippen LogP contribution in [-0.4, -0.2) is 37.7 Å². The molecule has 1 unspecified atom stereocenters. The van der Waals surface area contributed by atoms with Gasteiger partial charge in [0.1, 0.15) is 5.82 Å². The summed E-state index contributed by atoms with van der Waals surface area (Å²) in [6.07, 6.45) is -5.98. The van der Waals surface area contributed by atoms with E-state index in [-0.39, 0.29) is 35.0 Å². The van der Waals surface area contributed by atoms with Crippen LogP contribution in [0.4, 0.5) is 18.9 Å². The van der Waals surface area contributed by atoms with Crippen molar-refractivity contribution in [3.05, 3.63) is 86.8 Å². The minimum Gasteiger partial charge on any atom is -0.466 e. The number of carbonyl (C=O) groups excluding carboxylic acids is 3. The molecule has 39 heavy (non-hydrogen) atoms. The number of benzene rings is 2. The summed E-state index contributed by atoms with van der Waals surface area (Å²) in [5, 5.41) is 0. The highest BCUT2D eigenvalue weighted by atomic mass is 79.9. The van der Waals surface area contributed by atoms with E-state index in [9.17, 15) is 27.6 Å². The van der Waals surface area contributed by atoms with E-state index in [1.54, 1.807) is 31.2 Å². The largest absolute Gasteiger partial charge is 0.466 e. The van der Waals surface area contributed by atoms with Gasteiger partial charge in [0, 0.05) is 15.9 Å². The number of halogens is 4. The highest BCUT2D eigenvalue weighted by molar-refractivity contribution is 9.10.